The van der Waals surface area contributed by atoms with Gasteiger partial charge < -0.3 is 11.1 Å². The molecule has 1 aliphatic rings. The Morgan fingerprint density at radius 3 is 2.96 bits per heavy atom. The first-order valence-electron chi connectivity index (χ1n) is 9.24. The number of benzene rings is 1. The first-order valence-corrected chi connectivity index (χ1v) is 10.9. The molecule has 140 valence electrons. The second-order valence-electron chi connectivity index (χ2n) is 7.23. The Kier molecular flexibility index (Phi) is 4.95. The first-order chi connectivity index (χ1) is 13.0. The summed E-state index contributed by atoms with van der Waals surface area (Å²) in [5, 5.41) is 3.87. The Balaban J connectivity index is 1.66. The Morgan fingerprint density at radius 1 is 1.41 bits per heavy atom. The summed E-state index contributed by atoms with van der Waals surface area (Å²) >= 11 is 4.86. The first kappa shape index (κ1) is 18.4. The van der Waals surface area contributed by atoms with Gasteiger partial charge in [0.05, 0.1) is 5.69 Å². The van der Waals surface area contributed by atoms with E-state index >= 15 is 0 Å². The average molecular weight is 444 g/mol. The van der Waals surface area contributed by atoms with Gasteiger partial charge in [0.2, 0.25) is 0 Å². The Morgan fingerprint density at radius 2 is 2.22 bits per heavy atom. The van der Waals surface area contributed by atoms with Crippen molar-refractivity contribution in [1.82, 2.24) is 4.98 Å². The SMILES string of the molecule is CC[C@H]1CCc2nc3sc(C(=O)Nc4ccc(Br)c(C)c4)c(N)c3cc2C1. The molecule has 3 N–H and O–H groups in total. The van der Waals surface area contributed by atoms with E-state index in [2.05, 4.69) is 34.2 Å². The van der Waals surface area contributed by atoms with Crippen molar-refractivity contribution in [3.05, 3.63) is 50.4 Å². The standard InChI is InChI=1S/C21H22BrN3OS/c1-3-12-4-7-17-13(9-12)10-15-18(23)19(27-21(15)25-17)20(26)24-14-5-6-16(22)11(2)8-14/h5-6,8,10,12H,3-4,7,9,23H2,1-2H3,(H,24,26)/t12-/m0/s1. The fraction of sp³-hybridized carbons (Fsp3) is 0.333. The molecule has 27 heavy (non-hydrogen) atoms. The Labute approximate surface area is 171 Å². The van der Waals surface area contributed by atoms with E-state index in [1.807, 2.05) is 25.1 Å². The maximum absolute atomic E-state index is 12.8. The van der Waals surface area contributed by atoms with E-state index in [-0.39, 0.29) is 5.91 Å². The van der Waals surface area contributed by atoms with Crippen LogP contribution in [0.15, 0.2) is 28.7 Å². The van der Waals surface area contributed by atoms with Crippen molar-refractivity contribution in [3.8, 4) is 0 Å². The maximum Gasteiger partial charge on any atom is 0.267 e. The molecule has 1 atom stereocenters. The monoisotopic (exact) mass is 443 g/mol. The summed E-state index contributed by atoms with van der Waals surface area (Å²) in [6.07, 6.45) is 4.46. The summed E-state index contributed by atoms with van der Waals surface area (Å²) in [5.41, 5.74) is 11.2. The predicted octanol–water partition coefficient (Wildman–Crippen LogP) is 5.72. The van der Waals surface area contributed by atoms with Crippen molar-refractivity contribution in [2.75, 3.05) is 11.1 Å². The van der Waals surface area contributed by atoms with E-state index in [9.17, 15) is 4.79 Å². The molecule has 0 unspecified atom stereocenters. The molecule has 0 aliphatic heterocycles. The Hall–Kier alpha value is -1.92. The number of pyridine rings is 1. The molecule has 0 saturated heterocycles. The number of carbonyl (C=O) groups excluding carboxylic acids is 1. The molecule has 4 rings (SSSR count). The summed E-state index contributed by atoms with van der Waals surface area (Å²) < 4.78 is 1.02. The normalized spacial score (nSPS) is 16.3. The van der Waals surface area contributed by atoms with Gasteiger partial charge in [-0.05, 0) is 67.5 Å². The topological polar surface area (TPSA) is 68.0 Å². The van der Waals surface area contributed by atoms with Crippen LogP contribution in [0, 0.1) is 12.8 Å². The molecule has 2 aromatic heterocycles. The van der Waals surface area contributed by atoms with E-state index in [4.69, 9.17) is 10.7 Å². The number of amides is 1. The number of thiophene rings is 1. The molecule has 1 amide bonds. The van der Waals surface area contributed by atoms with Gasteiger partial charge in [-0.25, -0.2) is 4.98 Å². The zero-order chi connectivity index (χ0) is 19.1. The highest BCUT2D eigenvalue weighted by molar-refractivity contribution is 9.10. The number of nitrogens with zero attached hydrogens (tertiary/aromatic N) is 1. The van der Waals surface area contributed by atoms with Crippen LogP contribution in [-0.4, -0.2) is 10.9 Å². The lowest BCUT2D eigenvalue weighted by atomic mass is 9.85. The summed E-state index contributed by atoms with van der Waals surface area (Å²) in [5.74, 6) is 0.543. The van der Waals surface area contributed by atoms with Crippen molar-refractivity contribution in [2.24, 2.45) is 5.92 Å². The molecule has 0 radical (unpaired) electrons. The number of fused-ring (bicyclic) bond motifs is 2. The van der Waals surface area contributed by atoms with Crippen LogP contribution >= 0.6 is 27.3 Å². The predicted molar refractivity (Wildman–Crippen MR) is 117 cm³/mol. The molecule has 2 heterocycles. The van der Waals surface area contributed by atoms with Crippen molar-refractivity contribution >= 4 is 54.8 Å². The summed E-state index contributed by atoms with van der Waals surface area (Å²) in [6, 6.07) is 7.90. The highest BCUT2D eigenvalue weighted by atomic mass is 79.9. The number of carbonyl (C=O) groups is 1. The number of aromatic nitrogens is 1. The minimum absolute atomic E-state index is 0.179. The van der Waals surface area contributed by atoms with Crippen LogP contribution < -0.4 is 11.1 Å². The number of hydrogen-bond donors (Lipinski definition) is 2. The van der Waals surface area contributed by atoms with Crippen LogP contribution in [0.3, 0.4) is 0 Å². The molecular weight excluding hydrogens is 422 g/mol. The van der Waals surface area contributed by atoms with Gasteiger partial charge in [-0.1, -0.05) is 29.3 Å². The molecule has 0 fully saturated rings. The third kappa shape index (κ3) is 3.48. The zero-order valence-electron chi connectivity index (χ0n) is 15.4. The van der Waals surface area contributed by atoms with Gasteiger partial charge >= 0.3 is 0 Å². The quantitative estimate of drug-likeness (QED) is 0.543. The van der Waals surface area contributed by atoms with Gasteiger partial charge in [0, 0.05) is 21.2 Å². The van der Waals surface area contributed by atoms with Crippen molar-refractivity contribution in [3.63, 3.8) is 0 Å². The van der Waals surface area contributed by atoms with E-state index in [1.165, 1.54) is 35.4 Å². The van der Waals surface area contributed by atoms with Crippen molar-refractivity contribution < 1.29 is 4.79 Å². The summed E-state index contributed by atoms with van der Waals surface area (Å²) in [6.45, 7) is 4.23. The summed E-state index contributed by atoms with van der Waals surface area (Å²) in [7, 11) is 0. The molecule has 4 nitrogen and oxygen atoms in total. The van der Waals surface area contributed by atoms with Gasteiger partial charge in [0.25, 0.3) is 5.91 Å². The van der Waals surface area contributed by atoms with Crippen LogP contribution in [0.4, 0.5) is 11.4 Å². The zero-order valence-corrected chi connectivity index (χ0v) is 17.8. The van der Waals surface area contributed by atoms with Crippen molar-refractivity contribution in [2.45, 2.75) is 39.5 Å². The molecule has 0 spiro atoms. The third-order valence-electron chi connectivity index (χ3n) is 5.39. The lowest BCUT2D eigenvalue weighted by molar-refractivity contribution is 0.103. The van der Waals surface area contributed by atoms with Gasteiger partial charge in [-0.3, -0.25) is 4.79 Å². The second kappa shape index (κ2) is 7.24. The second-order valence-corrected chi connectivity index (χ2v) is 9.08. The molecular formula is C21H22BrN3OS. The highest BCUT2D eigenvalue weighted by Gasteiger charge is 2.23. The molecule has 6 heteroatoms. The van der Waals surface area contributed by atoms with Crippen LogP contribution in [-0.2, 0) is 12.8 Å². The lowest BCUT2D eigenvalue weighted by Gasteiger charge is -2.22. The van der Waals surface area contributed by atoms with Crippen LogP contribution in [0.5, 0.6) is 0 Å². The largest absolute Gasteiger partial charge is 0.397 e. The smallest absolute Gasteiger partial charge is 0.267 e. The van der Waals surface area contributed by atoms with E-state index in [0.29, 0.717) is 10.6 Å². The number of rotatable bonds is 3. The molecule has 3 aromatic rings. The molecule has 0 bridgehead atoms. The minimum Gasteiger partial charge on any atom is -0.397 e. The van der Waals surface area contributed by atoms with Crippen LogP contribution in [0.2, 0.25) is 0 Å². The van der Waals surface area contributed by atoms with Gasteiger partial charge in [0.15, 0.2) is 0 Å². The number of anilines is 2. The summed E-state index contributed by atoms with van der Waals surface area (Å²) in [4.78, 5) is 19.0. The number of aryl methyl sites for hydroxylation is 2. The van der Waals surface area contributed by atoms with Gasteiger partial charge in [0.1, 0.15) is 9.71 Å². The molecule has 1 aromatic carbocycles. The van der Waals surface area contributed by atoms with E-state index in [0.717, 1.165) is 44.7 Å². The number of hydrogen-bond acceptors (Lipinski definition) is 4. The third-order valence-corrected chi connectivity index (χ3v) is 7.39. The molecule has 1 aliphatic carbocycles. The Bertz CT molecular complexity index is 1040. The number of nitrogen functional groups attached to an aromatic ring is 1. The van der Waals surface area contributed by atoms with Crippen molar-refractivity contribution in [1.29, 1.82) is 0 Å². The van der Waals surface area contributed by atoms with Crippen LogP contribution in [0.25, 0.3) is 10.2 Å². The fourth-order valence-corrected chi connectivity index (χ4v) is 4.93. The lowest BCUT2D eigenvalue weighted by Crippen LogP contribution is -2.14. The van der Waals surface area contributed by atoms with Gasteiger partial charge in [-0.15, -0.1) is 11.3 Å². The number of halogens is 1. The van der Waals surface area contributed by atoms with Gasteiger partial charge in [-0.2, -0.15) is 0 Å². The molecule has 0 saturated carbocycles. The average Bonchev–Trinajstić information content (AvgIpc) is 2.98. The van der Waals surface area contributed by atoms with E-state index < -0.39 is 0 Å². The fourth-order valence-electron chi connectivity index (χ4n) is 3.69. The van der Waals surface area contributed by atoms with Crippen LogP contribution in [0.1, 0.15) is 46.3 Å². The number of nitrogens with one attached hydrogen (secondary N) is 1. The number of nitrogens with two attached hydrogens (primary N) is 1. The minimum atomic E-state index is -0.179. The highest BCUT2D eigenvalue weighted by Crippen LogP contribution is 2.37. The maximum atomic E-state index is 12.8. The van der Waals surface area contributed by atoms with E-state index in [1.54, 1.807) is 0 Å².